The summed E-state index contributed by atoms with van der Waals surface area (Å²) in [5.41, 5.74) is 0.424. The Balaban J connectivity index is 2.95. The minimum Gasteiger partial charge on any atom is -0.315 e. The van der Waals surface area contributed by atoms with Crippen molar-refractivity contribution in [2.24, 2.45) is 5.92 Å². The van der Waals surface area contributed by atoms with E-state index in [2.05, 4.69) is 45.0 Å². The molecular weight excluding hydrogens is 208 g/mol. The molecule has 0 aromatic heterocycles. The van der Waals surface area contributed by atoms with Gasteiger partial charge in [-0.05, 0) is 38.9 Å². The molecule has 2 nitrogen and oxygen atoms in total. The Kier molecular flexibility index (Phi) is 5.94. The van der Waals surface area contributed by atoms with Gasteiger partial charge in [0.2, 0.25) is 0 Å². The predicted molar refractivity (Wildman–Crippen MR) is 76.4 cm³/mol. The number of hydrogen-bond acceptors (Lipinski definition) is 2. The van der Waals surface area contributed by atoms with Crippen molar-refractivity contribution in [1.82, 2.24) is 10.2 Å². The van der Waals surface area contributed by atoms with Crippen molar-refractivity contribution in [2.75, 3.05) is 20.1 Å². The van der Waals surface area contributed by atoms with Crippen LogP contribution >= 0.6 is 0 Å². The lowest BCUT2D eigenvalue weighted by Gasteiger charge is -2.48. The van der Waals surface area contributed by atoms with E-state index < -0.39 is 0 Å². The average Bonchev–Trinajstić information content (AvgIpc) is 2.81. The van der Waals surface area contributed by atoms with Crippen LogP contribution in [-0.2, 0) is 0 Å². The molecule has 1 aliphatic rings. The Morgan fingerprint density at radius 2 is 1.65 bits per heavy atom. The third-order valence-corrected chi connectivity index (χ3v) is 4.97. The van der Waals surface area contributed by atoms with Crippen molar-refractivity contribution < 1.29 is 0 Å². The second kappa shape index (κ2) is 6.75. The monoisotopic (exact) mass is 240 g/mol. The van der Waals surface area contributed by atoms with Gasteiger partial charge in [0, 0.05) is 11.6 Å². The fourth-order valence-electron chi connectivity index (χ4n) is 3.98. The molecule has 0 bridgehead atoms. The predicted octanol–water partition coefficient (Wildman–Crippen LogP) is 3.28. The summed E-state index contributed by atoms with van der Waals surface area (Å²) in [4.78, 5) is 2.72. The largest absolute Gasteiger partial charge is 0.315 e. The molecule has 1 saturated carbocycles. The number of hydrogen-bond donors (Lipinski definition) is 1. The number of nitrogens with zero attached hydrogens (tertiary/aromatic N) is 1. The maximum atomic E-state index is 3.64. The van der Waals surface area contributed by atoms with Gasteiger partial charge >= 0.3 is 0 Å². The molecule has 0 amide bonds. The highest BCUT2D eigenvalue weighted by Gasteiger charge is 2.45. The van der Waals surface area contributed by atoms with Crippen LogP contribution in [0.3, 0.4) is 0 Å². The van der Waals surface area contributed by atoms with Gasteiger partial charge in [0.25, 0.3) is 0 Å². The summed E-state index contributed by atoms with van der Waals surface area (Å²) in [6.07, 6.45) is 6.85. The first-order valence-corrected chi connectivity index (χ1v) is 7.58. The standard InChI is InChI=1S/C15H32N2/c1-6-13(4)14(16-5)15(11-9-10-12-15)17(7-2)8-3/h13-14,16H,6-12H2,1-5H3. The molecule has 0 aromatic rings. The zero-order valence-corrected chi connectivity index (χ0v) is 12.6. The first kappa shape index (κ1) is 15.0. The SMILES string of the molecule is CCC(C)C(NC)C1(N(CC)CC)CCCC1. The van der Waals surface area contributed by atoms with Gasteiger partial charge in [-0.25, -0.2) is 0 Å². The smallest absolute Gasteiger partial charge is 0.0364 e. The van der Waals surface area contributed by atoms with E-state index in [0.29, 0.717) is 11.6 Å². The lowest BCUT2D eigenvalue weighted by molar-refractivity contribution is 0.0445. The van der Waals surface area contributed by atoms with Crippen LogP contribution in [0, 0.1) is 5.92 Å². The minimum atomic E-state index is 0.424. The van der Waals surface area contributed by atoms with Gasteiger partial charge in [-0.1, -0.05) is 47.0 Å². The van der Waals surface area contributed by atoms with Crippen LogP contribution in [0.1, 0.15) is 59.8 Å². The topological polar surface area (TPSA) is 15.3 Å². The van der Waals surface area contributed by atoms with E-state index in [4.69, 9.17) is 0 Å². The Hall–Kier alpha value is -0.0800. The molecule has 1 N–H and O–H groups in total. The van der Waals surface area contributed by atoms with E-state index in [1.54, 1.807) is 0 Å². The summed E-state index contributed by atoms with van der Waals surface area (Å²) in [6, 6.07) is 0.648. The maximum absolute atomic E-state index is 3.64. The van der Waals surface area contributed by atoms with Crippen LogP contribution in [0.4, 0.5) is 0 Å². The minimum absolute atomic E-state index is 0.424. The van der Waals surface area contributed by atoms with Gasteiger partial charge < -0.3 is 5.32 Å². The molecule has 1 fully saturated rings. The molecule has 17 heavy (non-hydrogen) atoms. The molecule has 1 aliphatic carbocycles. The Bertz CT molecular complexity index is 205. The summed E-state index contributed by atoms with van der Waals surface area (Å²) >= 11 is 0. The van der Waals surface area contributed by atoms with Crippen LogP contribution in [0.2, 0.25) is 0 Å². The lowest BCUT2D eigenvalue weighted by Crippen LogP contribution is -2.61. The molecule has 102 valence electrons. The van der Waals surface area contributed by atoms with Crippen molar-refractivity contribution in [3.8, 4) is 0 Å². The third kappa shape index (κ3) is 2.85. The fraction of sp³-hybridized carbons (Fsp3) is 1.00. The first-order valence-electron chi connectivity index (χ1n) is 7.58. The van der Waals surface area contributed by atoms with E-state index in [9.17, 15) is 0 Å². The first-order chi connectivity index (χ1) is 8.16. The van der Waals surface area contributed by atoms with Crippen LogP contribution in [0.25, 0.3) is 0 Å². The molecule has 2 atom stereocenters. The highest BCUT2D eigenvalue weighted by molar-refractivity contribution is 5.04. The summed E-state index contributed by atoms with van der Waals surface area (Å²) in [7, 11) is 2.15. The van der Waals surface area contributed by atoms with Gasteiger partial charge in [-0.3, -0.25) is 4.90 Å². The van der Waals surface area contributed by atoms with E-state index in [1.807, 2.05) is 0 Å². The molecule has 0 saturated heterocycles. The summed E-state index contributed by atoms with van der Waals surface area (Å²) in [5, 5.41) is 3.64. The molecular formula is C15H32N2. The van der Waals surface area contributed by atoms with E-state index >= 15 is 0 Å². The zero-order valence-electron chi connectivity index (χ0n) is 12.6. The van der Waals surface area contributed by atoms with Crippen molar-refractivity contribution in [3.63, 3.8) is 0 Å². The van der Waals surface area contributed by atoms with Gasteiger partial charge in [0.15, 0.2) is 0 Å². The lowest BCUT2D eigenvalue weighted by atomic mass is 9.78. The third-order valence-electron chi connectivity index (χ3n) is 4.97. The summed E-state index contributed by atoms with van der Waals surface area (Å²) in [6.45, 7) is 11.7. The number of likely N-dealkylation sites (N-methyl/N-ethyl adjacent to an activating group) is 2. The van der Waals surface area contributed by atoms with Crippen LogP contribution in [0.15, 0.2) is 0 Å². The van der Waals surface area contributed by atoms with Crippen LogP contribution in [-0.4, -0.2) is 36.6 Å². The van der Waals surface area contributed by atoms with Gasteiger partial charge in [0.05, 0.1) is 0 Å². The number of nitrogens with one attached hydrogen (secondary N) is 1. The Morgan fingerprint density at radius 1 is 1.12 bits per heavy atom. The molecule has 0 heterocycles. The van der Waals surface area contributed by atoms with Gasteiger partial charge in [-0.2, -0.15) is 0 Å². The highest BCUT2D eigenvalue weighted by atomic mass is 15.2. The molecule has 0 spiro atoms. The normalized spacial score (nSPS) is 22.9. The van der Waals surface area contributed by atoms with E-state index in [1.165, 1.54) is 45.2 Å². The second-order valence-electron chi connectivity index (χ2n) is 5.63. The maximum Gasteiger partial charge on any atom is 0.0364 e. The quantitative estimate of drug-likeness (QED) is 0.735. The Morgan fingerprint density at radius 3 is 2.00 bits per heavy atom. The van der Waals surface area contributed by atoms with Crippen LogP contribution in [0.5, 0.6) is 0 Å². The van der Waals surface area contributed by atoms with Crippen molar-refractivity contribution in [3.05, 3.63) is 0 Å². The molecule has 0 aliphatic heterocycles. The molecule has 1 rings (SSSR count). The number of rotatable bonds is 7. The van der Waals surface area contributed by atoms with Crippen LogP contribution < -0.4 is 5.32 Å². The van der Waals surface area contributed by atoms with Crippen molar-refractivity contribution in [1.29, 1.82) is 0 Å². The zero-order chi connectivity index (χ0) is 12.9. The van der Waals surface area contributed by atoms with Crippen molar-refractivity contribution in [2.45, 2.75) is 71.4 Å². The molecule has 0 radical (unpaired) electrons. The fourth-order valence-corrected chi connectivity index (χ4v) is 3.98. The summed E-state index contributed by atoms with van der Waals surface area (Å²) in [5.74, 6) is 0.763. The molecule has 2 unspecified atom stereocenters. The van der Waals surface area contributed by atoms with E-state index in [-0.39, 0.29) is 0 Å². The summed E-state index contributed by atoms with van der Waals surface area (Å²) < 4.78 is 0. The van der Waals surface area contributed by atoms with Crippen molar-refractivity contribution >= 4 is 0 Å². The molecule has 2 heteroatoms. The average molecular weight is 240 g/mol. The Labute approximate surface area is 108 Å². The highest BCUT2D eigenvalue weighted by Crippen LogP contribution is 2.40. The van der Waals surface area contributed by atoms with Gasteiger partial charge in [0.1, 0.15) is 0 Å². The van der Waals surface area contributed by atoms with E-state index in [0.717, 1.165) is 5.92 Å². The second-order valence-corrected chi connectivity index (χ2v) is 5.63. The van der Waals surface area contributed by atoms with Gasteiger partial charge in [-0.15, -0.1) is 0 Å². The molecule has 0 aromatic carbocycles.